The molecule has 35 heavy (non-hydrogen) atoms. The van der Waals surface area contributed by atoms with E-state index in [4.69, 9.17) is 4.52 Å². The second-order valence-electron chi connectivity index (χ2n) is 8.55. The quantitative estimate of drug-likeness (QED) is 0.377. The molecule has 5 rings (SSSR count). The highest BCUT2D eigenvalue weighted by atomic mass is 19.1. The van der Waals surface area contributed by atoms with E-state index in [1.54, 1.807) is 31.2 Å². The number of benzene rings is 3. The molecule has 0 saturated heterocycles. The van der Waals surface area contributed by atoms with Crippen molar-refractivity contribution in [3.05, 3.63) is 107 Å². The lowest BCUT2D eigenvalue weighted by atomic mass is 9.94. The van der Waals surface area contributed by atoms with Gasteiger partial charge in [0.25, 0.3) is 5.89 Å². The second kappa shape index (κ2) is 8.79. The summed E-state index contributed by atoms with van der Waals surface area (Å²) >= 11 is 0. The van der Waals surface area contributed by atoms with E-state index in [2.05, 4.69) is 15.5 Å². The molecule has 0 fully saturated rings. The van der Waals surface area contributed by atoms with Gasteiger partial charge in [-0.1, -0.05) is 35.5 Å². The number of amides is 2. The van der Waals surface area contributed by atoms with E-state index in [1.165, 1.54) is 29.2 Å². The Morgan fingerprint density at radius 2 is 1.60 bits per heavy atom. The molecule has 176 valence electrons. The monoisotopic (exact) mass is 472 g/mol. The Balaban J connectivity index is 1.68. The van der Waals surface area contributed by atoms with Gasteiger partial charge in [0, 0.05) is 11.3 Å². The summed E-state index contributed by atoms with van der Waals surface area (Å²) in [7, 11) is 0. The normalized spacial score (nSPS) is 16.0. The number of halogens is 2. The predicted octanol–water partition coefficient (Wildman–Crippen LogP) is 6.33. The Morgan fingerprint density at radius 1 is 0.914 bits per heavy atom. The lowest BCUT2D eigenvalue weighted by Crippen LogP contribution is -2.46. The molecular formula is C27H22F2N4O2. The van der Waals surface area contributed by atoms with Crippen molar-refractivity contribution in [2.45, 2.75) is 26.8 Å². The maximum Gasteiger partial charge on any atom is 0.326 e. The van der Waals surface area contributed by atoms with Gasteiger partial charge in [-0.15, -0.1) is 0 Å². The Bertz CT molecular complexity index is 1460. The van der Waals surface area contributed by atoms with Gasteiger partial charge in [-0.05, 0) is 73.9 Å². The average molecular weight is 472 g/mol. The van der Waals surface area contributed by atoms with Crippen LogP contribution in [-0.2, 0) is 0 Å². The van der Waals surface area contributed by atoms with E-state index in [0.717, 1.165) is 11.1 Å². The lowest BCUT2D eigenvalue weighted by molar-refractivity contribution is 0.244. The standard InChI is InChI=1S/C27H22F2N4O2/c1-15-10-16(2)12-22(11-15)33-17(3)23(24(30-27(33)34)18-6-4-8-20(28)13-18)26-31-25(32-35-26)19-7-5-9-21(29)14-19/h4-14,24H,1-3H3,(H,30,34). The summed E-state index contributed by atoms with van der Waals surface area (Å²) in [5.41, 5.74) is 4.73. The molecule has 0 aliphatic carbocycles. The second-order valence-corrected chi connectivity index (χ2v) is 8.55. The molecule has 1 aromatic heterocycles. The zero-order valence-corrected chi connectivity index (χ0v) is 19.3. The van der Waals surface area contributed by atoms with E-state index in [1.807, 2.05) is 32.0 Å². The first-order valence-corrected chi connectivity index (χ1v) is 11.1. The summed E-state index contributed by atoms with van der Waals surface area (Å²) in [6.07, 6.45) is 0. The van der Waals surface area contributed by atoms with Crippen molar-refractivity contribution >= 4 is 17.3 Å². The fourth-order valence-corrected chi connectivity index (χ4v) is 4.42. The Morgan fingerprint density at radius 3 is 2.29 bits per heavy atom. The van der Waals surface area contributed by atoms with Crippen LogP contribution in [0.4, 0.5) is 19.3 Å². The number of anilines is 1. The number of nitrogens with one attached hydrogen (secondary N) is 1. The molecule has 8 heteroatoms. The number of aromatic nitrogens is 2. The smallest absolute Gasteiger partial charge is 0.326 e. The van der Waals surface area contributed by atoms with Gasteiger partial charge in [0.1, 0.15) is 11.6 Å². The highest BCUT2D eigenvalue weighted by Crippen LogP contribution is 2.39. The Labute approximate surface area is 200 Å². The van der Waals surface area contributed by atoms with Gasteiger partial charge in [0.05, 0.1) is 17.3 Å². The highest BCUT2D eigenvalue weighted by molar-refractivity contribution is 6.01. The van der Waals surface area contributed by atoms with E-state index in [0.29, 0.717) is 28.1 Å². The molecule has 1 unspecified atom stereocenters. The van der Waals surface area contributed by atoms with Crippen LogP contribution in [0.25, 0.3) is 17.0 Å². The SMILES string of the molecule is CC1=C(c2nc(-c3cccc(F)c3)no2)C(c2cccc(F)c2)NC(=O)N1c1cc(C)cc(C)c1. The van der Waals surface area contributed by atoms with Crippen LogP contribution in [0.2, 0.25) is 0 Å². The first-order valence-electron chi connectivity index (χ1n) is 11.1. The minimum Gasteiger partial charge on any atom is -0.334 e. The molecule has 1 aliphatic rings. The molecule has 4 aromatic rings. The van der Waals surface area contributed by atoms with E-state index < -0.39 is 17.7 Å². The molecule has 0 saturated carbocycles. The van der Waals surface area contributed by atoms with Crippen LogP contribution in [0.15, 0.2) is 77.0 Å². The average Bonchev–Trinajstić information content (AvgIpc) is 3.28. The van der Waals surface area contributed by atoms with Crippen molar-refractivity contribution < 1.29 is 18.1 Å². The number of urea groups is 1. The van der Waals surface area contributed by atoms with Crippen molar-refractivity contribution in [2.24, 2.45) is 0 Å². The van der Waals surface area contributed by atoms with Crippen molar-refractivity contribution in [3.63, 3.8) is 0 Å². The van der Waals surface area contributed by atoms with Crippen molar-refractivity contribution in [2.75, 3.05) is 4.90 Å². The number of nitrogens with zero attached hydrogens (tertiary/aromatic N) is 3. The summed E-state index contributed by atoms with van der Waals surface area (Å²) in [6.45, 7) is 5.69. The molecule has 3 aromatic carbocycles. The van der Waals surface area contributed by atoms with Crippen molar-refractivity contribution in [3.8, 4) is 11.4 Å². The summed E-state index contributed by atoms with van der Waals surface area (Å²) in [4.78, 5) is 19.4. The zero-order chi connectivity index (χ0) is 24.7. The van der Waals surface area contributed by atoms with E-state index in [9.17, 15) is 13.6 Å². The largest absolute Gasteiger partial charge is 0.334 e. The van der Waals surface area contributed by atoms with Crippen molar-refractivity contribution in [1.29, 1.82) is 0 Å². The van der Waals surface area contributed by atoms with Gasteiger partial charge in [0.15, 0.2) is 0 Å². The molecule has 1 N–H and O–H groups in total. The lowest BCUT2D eigenvalue weighted by Gasteiger charge is -2.35. The fourth-order valence-electron chi connectivity index (χ4n) is 4.42. The molecule has 2 amide bonds. The fraction of sp³-hybridized carbons (Fsp3) is 0.148. The third-order valence-electron chi connectivity index (χ3n) is 5.87. The Kier molecular flexibility index (Phi) is 5.64. The van der Waals surface area contributed by atoms with Crippen LogP contribution in [0.3, 0.4) is 0 Å². The number of allylic oxidation sites excluding steroid dienone is 1. The maximum atomic E-state index is 14.1. The third-order valence-corrected chi connectivity index (χ3v) is 5.87. The number of aryl methyl sites for hydroxylation is 2. The van der Waals surface area contributed by atoms with E-state index >= 15 is 0 Å². The molecule has 0 spiro atoms. The maximum absolute atomic E-state index is 14.1. The molecule has 0 bridgehead atoms. The molecule has 6 nitrogen and oxygen atoms in total. The summed E-state index contributed by atoms with van der Waals surface area (Å²) in [6, 6.07) is 16.6. The van der Waals surface area contributed by atoms with Gasteiger partial charge in [0.2, 0.25) is 5.82 Å². The van der Waals surface area contributed by atoms with Gasteiger partial charge in [-0.2, -0.15) is 4.98 Å². The summed E-state index contributed by atoms with van der Waals surface area (Å²) in [5.74, 6) is -0.512. The first kappa shape index (κ1) is 22.5. The van der Waals surface area contributed by atoms with Gasteiger partial charge in [-0.3, -0.25) is 4.90 Å². The summed E-state index contributed by atoms with van der Waals surface area (Å²) in [5, 5.41) is 6.99. The predicted molar refractivity (Wildman–Crippen MR) is 128 cm³/mol. The third kappa shape index (κ3) is 4.30. The summed E-state index contributed by atoms with van der Waals surface area (Å²) < 4.78 is 33.5. The first-order chi connectivity index (χ1) is 16.8. The van der Waals surface area contributed by atoms with Crippen LogP contribution in [0, 0.1) is 25.5 Å². The van der Waals surface area contributed by atoms with Crippen LogP contribution >= 0.6 is 0 Å². The number of carbonyl (C=O) groups excluding carboxylic acids is 1. The zero-order valence-electron chi connectivity index (χ0n) is 19.3. The number of carbonyl (C=O) groups is 1. The topological polar surface area (TPSA) is 71.3 Å². The van der Waals surface area contributed by atoms with Gasteiger partial charge < -0.3 is 9.84 Å². The molecule has 1 atom stereocenters. The van der Waals surface area contributed by atoms with E-state index in [-0.39, 0.29) is 17.7 Å². The minimum absolute atomic E-state index is 0.144. The van der Waals surface area contributed by atoms with Crippen LogP contribution < -0.4 is 10.2 Å². The number of rotatable bonds is 4. The number of hydrogen-bond acceptors (Lipinski definition) is 4. The Hall–Kier alpha value is -4.33. The molecule has 1 aliphatic heterocycles. The van der Waals surface area contributed by atoms with Crippen LogP contribution in [-0.4, -0.2) is 16.2 Å². The van der Waals surface area contributed by atoms with Gasteiger partial charge >= 0.3 is 6.03 Å². The molecule has 0 radical (unpaired) electrons. The van der Waals surface area contributed by atoms with Gasteiger partial charge in [-0.25, -0.2) is 13.6 Å². The van der Waals surface area contributed by atoms with Crippen molar-refractivity contribution in [1.82, 2.24) is 15.5 Å². The molecular weight excluding hydrogens is 450 g/mol. The molecule has 2 heterocycles. The van der Waals surface area contributed by atoms with Crippen LogP contribution in [0.5, 0.6) is 0 Å². The minimum atomic E-state index is -0.735. The number of hydrogen-bond donors (Lipinski definition) is 1. The highest BCUT2D eigenvalue weighted by Gasteiger charge is 2.36. The van der Waals surface area contributed by atoms with Crippen LogP contribution in [0.1, 0.15) is 35.5 Å².